The summed E-state index contributed by atoms with van der Waals surface area (Å²) >= 11 is 0. The van der Waals surface area contributed by atoms with Crippen molar-refractivity contribution in [3.63, 3.8) is 0 Å². The van der Waals surface area contributed by atoms with Crippen LogP contribution in [-0.2, 0) is 4.79 Å². The highest BCUT2D eigenvalue weighted by atomic mass is 16.6. The molecule has 2 rings (SSSR count). The molecule has 1 heterocycles. The molecule has 0 bridgehead atoms. The van der Waals surface area contributed by atoms with Gasteiger partial charge in [0.15, 0.2) is 12.4 Å². The van der Waals surface area contributed by atoms with Crippen molar-refractivity contribution in [3.8, 4) is 5.75 Å². The lowest BCUT2D eigenvalue weighted by Crippen LogP contribution is -2.29. The maximum absolute atomic E-state index is 11.3. The first-order valence-corrected chi connectivity index (χ1v) is 6.02. The van der Waals surface area contributed by atoms with Crippen LogP contribution in [-0.4, -0.2) is 42.2 Å². The lowest BCUT2D eigenvalue weighted by Gasteiger charge is -2.24. The highest BCUT2D eigenvalue weighted by Crippen LogP contribution is 2.39. The molecule has 1 amide bonds. The van der Waals surface area contributed by atoms with Gasteiger partial charge < -0.3 is 20.1 Å². The predicted octanol–water partition coefficient (Wildman–Crippen LogP) is 0.743. The molecule has 0 fully saturated rings. The van der Waals surface area contributed by atoms with E-state index in [1.165, 1.54) is 12.1 Å². The Bertz CT molecular complexity index is 558. The van der Waals surface area contributed by atoms with E-state index >= 15 is 0 Å². The van der Waals surface area contributed by atoms with E-state index < -0.39 is 11.0 Å². The van der Waals surface area contributed by atoms with Crippen molar-refractivity contribution >= 4 is 23.0 Å². The molecule has 0 saturated carbocycles. The molecule has 1 aliphatic heterocycles. The van der Waals surface area contributed by atoms with Crippen molar-refractivity contribution < 1.29 is 19.6 Å². The van der Waals surface area contributed by atoms with Crippen LogP contribution < -0.4 is 15.0 Å². The summed E-state index contributed by atoms with van der Waals surface area (Å²) in [5.41, 5.74) is 0.558. The molecule has 0 radical (unpaired) electrons. The van der Waals surface area contributed by atoms with Gasteiger partial charge in [-0.25, -0.2) is 0 Å². The first-order chi connectivity index (χ1) is 9.38. The minimum atomic E-state index is -0.638. The predicted molar refractivity (Wildman–Crippen MR) is 72.2 cm³/mol. The van der Waals surface area contributed by atoms with Crippen LogP contribution >= 0.6 is 0 Å². The van der Waals surface area contributed by atoms with Crippen molar-refractivity contribution in [2.45, 2.75) is 13.0 Å². The first kappa shape index (κ1) is 14.1. The van der Waals surface area contributed by atoms with Crippen LogP contribution in [0.3, 0.4) is 0 Å². The third-order valence-electron chi connectivity index (χ3n) is 2.86. The number of anilines is 2. The normalized spacial score (nSPS) is 14.8. The van der Waals surface area contributed by atoms with Gasteiger partial charge >= 0.3 is 0 Å². The van der Waals surface area contributed by atoms with Crippen LogP contribution in [0.1, 0.15) is 6.92 Å². The second-order valence-electron chi connectivity index (χ2n) is 4.66. The summed E-state index contributed by atoms with van der Waals surface area (Å²) in [5.74, 6) is -0.0408. The van der Waals surface area contributed by atoms with Gasteiger partial charge in [-0.1, -0.05) is 0 Å². The van der Waals surface area contributed by atoms with E-state index in [1.54, 1.807) is 18.9 Å². The number of nitro benzene ring substituents is 1. The third kappa shape index (κ3) is 2.80. The minimum absolute atomic E-state index is 0.136. The molecule has 108 valence electrons. The number of nitrogens with zero attached hydrogens (tertiary/aromatic N) is 2. The highest BCUT2D eigenvalue weighted by molar-refractivity contribution is 5.96. The average Bonchev–Trinajstić information content (AvgIpc) is 2.36. The molecular weight excluding hydrogens is 266 g/mol. The zero-order chi connectivity index (χ0) is 14.9. The lowest BCUT2D eigenvalue weighted by molar-refractivity contribution is -0.384. The Morgan fingerprint density at radius 2 is 2.30 bits per heavy atom. The molecule has 1 aromatic carbocycles. The number of aliphatic hydroxyl groups excluding tert-OH is 1. The first-order valence-electron chi connectivity index (χ1n) is 6.02. The van der Waals surface area contributed by atoms with E-state index in [4.69, 9.17) is 4.74 Å². The van der Waals surface area contributed by atoms with Crippen molar-refractivity contribution in [3.05, 3.63) is 22.2 Å². The van der Waals surface area contributed by atoms with Gasteiger partial charge in [0.25, 0.3) is 11.6 Å². The molecule has 0 saturated heterocycles. The van der Waals surface area contributed by atoms with Crippen molar-refractivity contribution in [1.29, 1.82) is 0 Å². The number of carbonyl (C=O) groups is 1. The molecule has 0 aromatic heterocycles. The number of likely N-dealkylation sites (N-methyl/N-ethyl adjacent to an activating group) is 1. The van der Waals surface area contributed by atoms with Gasteiger partial charge in [-0.3, -0.25) is 14.9 Å². The van der Waals surface area contributed by atoms with E-state index in [-0.39, 0.29) is 30.5 Å². The zero-order valence-corrected chi connectivity index (χ0v) is 11.1. The smallest absolute Gasteiger partial charge is 0.296 e. The summed E-state index contributed by atoms with van der Waals surface area (Å²) in [4.78, 5) is 23.5. The van der Waals surface area contributed by atoms with E-state index in [0.717, 1.165) is 0 Å². The van der Waals surface area contributed by atoms with Gasteiger partial charge in [0.05, 0.1) is 22.8 Å². The van der Waals surface area contributed by atoms with Crippen molar-refractivity contribution in [2.75, 3.05) is 30.4 Å². The summed E-state index contributed by atoms with van der Waals surface area (Å²) in [5, 5.41) is 23.1. The highest BCUT2D eigenvalue weighted by Gasteiger charge is 2.25. The number of benzene rings is 1. The standard InChI is InChI=1S/C12H15N3O5/c1-7(16)5-14(2)9-3-8-11(4-10(9)15(18)19)20-6-12(17)13-8/h3-4,7,16H,5-6H2,1-2H3,(H,13,17). The number of nitrogens with one attached hydrogen (secondary N) is 1. The number of amides is 1. The van der Waals surface area contributed by atoms with E-state index in [1.807, 2.05) is 0 Å². The quantitative estimate of drug-likeness (QED) is 0.623. The van der Waals surface area contributed by atoms with E-state index in [2.05, 4.69) is 5.32 Å². The molecule has 8 heteroatoms. The van der Waals surface area contributed by atoms with Crippen LogP contribution in [0.5, 0.6) is 5.75 Å². The maximum atomic E-state index is 11.3. The number of hydrogen-bond acceptors (Lipinski definition) is 6. The topological polar surface area (TPSA) is 105 Å². The molecule has 1 unspecified atom stereocenters. The zero-order valence-electron chi connectivity index (χ0n) is 11.1. The SMILES string of the molecule is CC(O)CN(C)c1cc2c(cc1[N+](=O)[O-])OCC(=O)N2. The third-order valence-corrected chi connectivity index (χ3v) is 2.86. The molecule has 8 nitrogen and oxygen atoms in total. The molecule has 0 aliphatic carbocycles. The Balaban J connectivity index is 2.45. The van der Waals surface area contributed by atoms with Crippen LogP contribution in [0, 0.1) is 10.1 Å². The van der Waals surface area contributed by atoms with Gasteiger partial charge in [0, 0.05) is 13.6 Å². The molecule has 1 aliphatic rings. The maximum Gasteiger partial charge on any atom is 0.296 e. The number of rotatable bonds is 4. The van der Waals surface area contributed by atoms with Crippen LogP contribution in [0.25, 0.3) is 0 Å². The Labute approximate surface area is 115 Å². The summed E-state index contributed by atoms with van der Waals surface area (Å²) in [6.07, 6.45) is -0.638. The number of carbonyl (C=O) groups excluding carboxylic acids is 1. The Hall–Kier alpha value is -2.35. The van der Waals surface area contributed by atoms with Gasteiger partial charge in [-0.15, -0.1) is 0 Å². The fourth-order valence-corrected chi connectivity index (χ4v) is 2.05. The number of aliphatic hydroxyl groups is 1. The minimum Gasteiger partial charge on any atom is -0.481 e. The van der Waals surface area contributed by atoms with Crippen LogP contribution in [0.15, 0.2) is 12.1 Å². The van der Waals surface area contributed by atoms with E-state index in [9.17, 15) is 20.0 Å². The summed E-state index contributed by atoms with van der Waals surface area (Å²) < 4.78 is 5.16. The van der Waals surface area contributed by atoms with Gasteiger partial charge in [-0.05, 0) is 13.0 Å². The molecule has 1 atom stereocenters. The molecule has 20 heavy (non-hydrogen) atoms. The van der Waals surface area contributed by atoms with Gasteiger partial charge in [0.1, 0.15) is 5.69 Å². The summed E-state index contributed by atoms with van der Waals surface area (Å²) in [6, 6.07) is 2.76. The average molecular weight is 281 g/mol. The van der Waals surface area contributed by atoms with Crippen molar-refractivity contribution in [2.24, 2.45) is 0 Å². The second-order valence-corrected chi connectivity index (χ2v) is 4.66. The fourth-order valence-electron chi connectivity index (χ4n) is 2.05. The molecule has 0 spiro atoms. The van der Waals surface area contributed by atoms with E-state index in [0.29, 0.717) is 11.4 Å². The Kier molecular flexibility index (Phi) is 3.75. The van der Waals surface area contributed by atoms with Crippen molar-refractivity contribution in [1.82, 2.24) is 0 Å². The number of ether oxygens (including phenoxy) is 1. The monoisotopic (exact) mass is 281 g/mol. The molecule has 1 aromatic rings. The number of nitro groups is 1. The largest absolute Gasteiger partial charge is 0.481 e. The Morgan fingerprint density at radius 3 is 2.90 bits per heavy atom. The summed E-state index contributed by atoms with van der Waals surface area (Å²) in [7, 11) is 1.63. The summed E-state index contributed by atoms with van der Waals surface area (Å²) in [6.45, 7) is 1.66. The Morgan fingerprint density at radius 1 is 1.60 bits per heavy atom. The number of fused-ring (bicyclic) bond motifs is 1. The molecular formula is C12H15N3O5. The van der Waals surface area contributed by atoms with Gasteiger partial charge in [0.2, 0.25) is 0 Å². The van der Waals surface area contributed by atoms with Crippen LogP contribution in [0.2, 0.25) is 0 Å². The fraction of sp³-hybridized carbons (Fsp3) is 0.417. The second kappa shape index (κ2) is 5.33. The van der Waals surface area contributed by atoms with Gasteiger partial charge in [-0.2, -0.15) is 0 Å². The molecule has 2 N–H and O–H groups in total. The lowest BCUT2D eigenvalue weighted by atomic mass is 10.2. The number of hydrogen-bond donors (Lipinski definition) is 2. The van der Waals surface area contributed by atoms with Crippen LogP contribution in [0.4, 0.5) is 17.1 Å².